The van der Waals surface area contributed by atoms with Gasteiger partial charge < -0.3 is 5.11 Å². The van der Waals surface area contributed by atoms with Crippen molar-refractivity contribution in [2.75, 3.05) is 0 Å². The standard InChI is InChI=1S/C10H8Cl2O2/c1-6(13)2-3-7-8(11)4-5-9(14)10(7)12/h2-5,14H,1H3/b3-2+. The Kier molecular flexibility index (Phi) is 3.55. The van der Waals surface area contributed by atoms with Gasteiger partial charge >= 0.3 is 0 Å². The Hall–Kier alpha value is -0.990. The maximum absolute atomic E-state index is 10.7. The van der Waals surface area contributed by atoms with Crippen molar-refractivity contribution in [2.24, 2.45) is 0 Å². The molecule has 0 spiro atoms. The second-order valence-corrected chi connectivity index (χ2v) is 3.52. The third-order valence-corrected chi connectivity index (χ3v) is 2.32. The van der Waals surface area contributed by atoms with Crippen LogP contribution in [0.2, 0.25) is 10.0 Å². The summed E-state index contributed by atoms with van der Waals surface area (Å²) >= 11 is 11.6. The van der Waals surface area contributed by atoms with Crippen LogP contribution >= 0.6 is 23.2 Å². The van der Waals surface area contributed by atoms with Gasteiger partial charge in [-0.15, -0.1) is 0 Å². The quantitative estimate of drug-likeness (QED) is 0.792. The summed E-state index contributed by atoms with van der Waals surface area (Å²) < 4.78 is 0. The zero-order valence-electron chi connectivity index (χ0n) is 7.42. The van der Waals surface area contributed by atoms with E-state index in [9.17, 15) is 9.90 Å². The van der Waals surface area contributed by atoms with E-state index in [4.69, 9.17) is 23.2 Å². The second-order valence-electron chi connectivity index (χ2n) is 2.74. The minimum absolute atomic E-state index is 0.0562. The number of halogens is 2. The van der Waals surface area contributed by atoms with E-state index >= 15 is 0 Å². The minimum atomic E-state index is -0.111. The normalized spacial score (nSPS) is 10.8. The first-order chi connectivity index (χ1) is 6.52. The Morgan fingerprint density at radius 1 is 1.43 bits per heavy atom. The monoisotopic (exact) mass is 230 g/mol. The first kappa shape index (κ1) is 11.1. The van der Waals surface area contributed by atoms with Gasteiger partial charge in [0.15, 0.2) is 5.78 Å². The van der Waals surface area contributed by atoms with E-state index in [1.807, 2.05) is 0 Å². The molecule has 1 aromatic carbocycles. The topological polar surface area (TPSA) is 37.3 Å². The van der Waals surface area contributed by atoms with Crippen molar-refractivity contribution >= 4 is 35.1 Å². The van der Waals surface area contributed by atoms with Gasteiger partial charge in [-0.2, -0.15) is 0 Å². The predicted octanol–water partition coefficient (Wildman–Crippen LogP) is 3.30. The van der Waals surface area contributed by atoms with Crippen LogP contribution in [0.15, 0.2) is 18.2 Å². The lowest BCUT2D eigenvalue weighted by Gasteiger charge is -2.03. The summed E-state index contributed by atoms with van der Waals surface area (Å²) in [4.78, 5) is 10.7. The fourth-order valence-corrected chi connectivity index (χ4v) is 1.41. The number of carbonyl (C=O) groups excluding carboxylic acids is 1. The maximum Gasteiger partial charge on any atom is 0.152 e. The average Bonchev–Trinajstić information content (AvgIpc) is 2.11. The number of ketones is 1. The number of benzene rings is 1. The van der Waals surface area contributed by atoms with Crippen molar-refractivity contribution in [1.82, 2.24) is 0 Å². The molecule has 0 aromatic heterocycles. The Morgan fingerprint density at radius 2 is 2.07 bits per heavy atom. The second kappa shape index (κ2) is 4.49. The van der Waals surface area contributed by atoms with Crippen molar-refractivity contribution in [3.05, 3.63) is 33.8 Å². The molecule has 4 heteroatoms. The Bertz CT molecular complexity index is 397. The number of phenolic OH excluding ortho intramolecular Hbond substituents is 1. The molecule has 14 heavy (non-hydrogen) atoms. The summed E-state index contributed by atoms with van der Waals surface area (Å²) in [5, 5.41) is 9.82. The largest absolute Gasteiger partial charge is 0.506 e. The summed E-state index contributed by atoms with van der Waals surface area (Å²) in [6, 6.07) is 2.92. The van der Waals surface area contributed by atoms with Crippen LogP contribution < -0.4 is 0 Å². The summed E-state index contributed by atoms with van der Waals surface area (Å²) in [6.45, 7) is 1.42. The van der Waals surface area contributed by atoms with Gasteiger partial charge in [-0.3, -0.25) is 4.79 Å². The number of hydrogen-bond acceptors (Lipinski definition) is 2. The fourth-order valence-electron chi connectivity index (χ4n) is 0.911. The van der Waals surface area contributed by atoms with Gasteiger partial charge in [-0.25, -0.2) is 0 Å². The molecule has 0 fully saturated rings. The third kappa shape index (κ3) is 2.50. The van der Waals surface area contributed by atoms with Crippen LogP contribution in [0, 0.1) is 0 Å². The van der Waals surface area contributed by atoms with Crippen LogP contribution in [-0.2, 0) is 4.79 Å². The van der Waals surface area contributed by atoms with Crippen molar-refractivity contribution in [1.29, 1.82) is 0 Å². The molecule has 1 N–H and O–H groups in total. The number of allylic oxidation sites excluding steroid dienone is 1. The predicted molar refractivity (Wildman–Crippen MR) is 57.8 cm³/mol. The average molecular weight is 231 g/mol. The first-order valence-electron chi connectivity index (χ1n) is 3.88. The molecular weight excluding hydrogens is 223 g/mol. The van der Waals surface area contributed by atoms with Gasteiger partial charge in [0.05, 0.1) is 5.02 Å². The van der Waals surface area contributed by atoms with Gasteiger partial charge in [0.25, 0.3) is 0 Å². The smallest absolute Gasteiger partial charge is 0.152 e. The first-order valence-corrected chi connectivity index (χ1v) is 4.63. The van der Waals surface area contributed by atoms with Gasteiger partial charge in [0.2, 0.25) is 0 Å². The number of rotatable bonds is 2. The Balaban J connectivity index is 3.19. The molecule has 0 atom stereocenters. The molecule has 0 heterocycles. The Labute approximate surface area is 91.8 Å². The highest BCUT2D eigenvalue weighted by Gasteiger charge is 2.06. The summed E-state index contributed by atoms with van der Waals surface area (Å²) in [5.41, 5.74) is 0.448. The SMILES string of the molecule is CC(=O)/C=C/c1c(Cl)ccc(O)c1Cl. The molecule has 1 rings (SSSR count). The van der Waals surface area contributed by atoms with Gasteiger partial charge in [-0.1, -0.05) is 23.2 Å². The summed E-state index contributed by atoms with van der Waals surface area (Å²) in [7, 11) is 0. The van der Waals surface area contributed by atoms with Crippen LogP contribution in [0.1, 0.15) is 12.5 Å². The molecule has 1 aromatic rings. The highest BCUT2D eigenvalue weighted by molar-refractivity contribution is 6.38. The molecule has 0 aliphatic carbocycles. The molecule has 0 saturated carbocycles. The van der Waals surface area contributed by atoms with Crippen LogP contribution in [0.25, 0.3) is 6.08 Å². The van der Waals surface area contributed by atoms with E-state index in [0.717, 1.165) is 0 Å². The van der Waals surface area contributed by atoms with Gasteiger partial charge in [0, 0.05) is 10.6 Å². The lowest BCUT2D eigenvalue weighted by molar-refractivity contribution is -0.112. The van der Waals surface area contributed by atoms with Crippen LogP contribution in [-0.4, -0.2) is 10.9 Å². The van der Waals surface area contributed by atoms with E-state index in [1.54, 1.807) is 0 Å². The summed E-state index contributed by atoms with van der Waals surface area (Å²) in [5.74, 6) is -0.167. The number of carbonyl (C=O) groups is 1. The van der Waals surface area contributed by atoms with E-state index in [0.29, 0.717) is 10.6 Å². The lowest BCUT2D eigenvalue weighted by Crippen LogP contribution is -1.83. The zero-order valence-corrected chi connectivity index (χ0v) is 8.93. The molecule has 0 bridgehead atoms. The van der Waals surface area contributed by atoms with E-state index in [2.05, 4.69) is 0 Å². The van der Waals surface area contributed by atoms with Crippen LogP contribution in [0.4, 0.5) is 0 Å². The number of aromatic hydroxyl groups is 1. The van der Waals surface area contributed by atoms with Crippen LogP contribution in [0.3, 0.4) is 0 Å². The number of hydrogen-bond donors (Lipinski definition) is 1. The molecule has 0 amide bonds. The van der Waals surface area contributed by atoms with Crippen molar-refractivity contribution < 1.29 is 9.90 Å². The number of phenols is 1. The molecular formula is C10H8Cl2O2. The maximum atomic E-state index is 10.7. The third-order valence-electron chi connectivity index (χ3n) is 1.59. The highest BCUT2D eigenvalue weighted by atomic mass is 35.5. The molecule has 0 aliphatic heterocycles. The lowest BCUT2D eigenvalue weighted by atomic mass is 10.2. The fraction of sp³-hybridized carbons (Fsp3) is 0.100. The van der Waals surface area contributed by atoms with Gasteiger partial charge in [-0.05, 0) is 31.2 Å². The van der Waals surface area contributed by atoms with E-state index < -0.39 is 0 Å². The van der Waals surface area contributed by atoms with Crippen molar-refractivity contribution in [3.8, 4) is 5.75 Å². The summed E-state index contributed by atoms with van der Waals surface area (Å²) in [6.07, 6.45) is 2.82. The van der Waals surface area contributed by atoms with E-state index in [1.165, 1.54) is 31.2 Å². The van der Waals surface area contributed by atoms with Crippen molar-refractivity contribution in [3.63, 3.8) is 0 Å². The molecule has 0 aliphatic rings. The van der Waals surface area contributed by atoms with Crippen LogP contribution in [0.5, 0.6) is 5.75 Å². The van der Waals surface area contributed by atoms with Gasteiger partial charge in [0.1, 0.15) is 5.75 Å². The van der Waals surface area contributed by atoms with Crippen molar-refractivity contribution in [2.45, 2.75) is 6.92 Å². The Morgan fingerprint density at radius 3 is 2.64 bits per heavy atom. The molecule has 74 valence electrons. The highest BCUT2D eigenvalue weighted by Crippen LogP contribution is 2.33. The van der Waals surface area contributed by atoms with E-state index in [-0.39, 0.29) is 16.6 Å². The molecule has 0 saturated heterocycles. The zero-order chi connectivity index (χ0) is 10.7. The minimum Gasteiger partial charge on any atom is -0.506 e. The molecule has 2 nitrogen and oxygen atoms in total. The molecule has 0 unspecified atom stereocenters. The molecule has 0 radical (unpaired) electrons.